The van der Waals surface area contributed by atoms with E-state index in [1.165, 1.54) is 0 Å². The van der Waals surface area contributed by atoms with Crippen molar-refractivity contribution < 1.29 is 29.9 Å². The van der Waals surface area contributed by atoms with Gasteiger partial charge in [0.05, 0.1) is 13.2 Å². The van der Waals surface area contributed by atoms with Gasteiger partial charge in [0.25, 0.3) is 0 Å². The second-order valence-electron chi connectivity index (χ2n) is 2.88. The molecule has 0 bridgehead atoms. The maximum absolute atomic E-state index is 9.45. The molecule has 1 aliphatic rings. The first-order valence-corrected chi connectivity index (χ1v) is 4.01. The fraction of sp³-hybridized carbons (Fsp3) is 1.00. The average Bonchev–Trinajstić information content (AvgIpc) is 2.17. The normalized spacial score (nSPS) is 37.4. The minimum atomic E-state index is -1.16. The van der Waals surface area contributed by atoms with Crippen LogP contribution in [0.25, 0.3) is 0 Å². The van der Waals surface area contributed by atoms with Gasteiger partial charge in [0.15, 0.2) is 0 Å². The van der Waals surface area contributed by atoms with Crippen molar-refractivity contribution >= 4 is 0 Å². The summed E-state index contributed by atoms with van der Waals surface area (Å²) >= 11 is 0. The zero-order chi connectivity index (χ0) is 9.84. The van der Waals surface area contributed by atoms with Crippen molar-refractivity contribution in [2.45, 2.75) is 24.4 Å². The molecule has 0 unspecified atom stereocenters. The van der Waals surface area contributed by atoms with Gasteiger partial charge in [0.1, 0.15) is 31.2 Å². The highest BCUT2D eigenvalue weighted by atomic mass is 16.7. The Bertz CT molecular complexity index is 152. The number of hydrogen-bond donors (Lipinski definition) is 4. The van der Waals surface area contributed by atoms with Gasteiger partial charge >= 0.3 is 0 Å². The lowest BCUT2D eigenvalue weighted by atomic mass is 10.0. The van der Waals surface area contributed by atoms with Crippen molar-refractivity contribution in [3.8, 4) is 0 Å². The van der Waals surface area contributed by atoms with Crippen molar-refractivity contribution in [3.63, 3.8) is 0 Å². The van der Waals surface area contributed by atoms with E-state index in [1.807, 2.05) is 0 Å². The van der Waals surface area contributed by atoms with Crippen LogP contribution >= 0.6 is 0 Å². The van der Waals surface area contributed by atoms with Gasteiger partial charge in [-0.05, 0) is 0 Å². The molecule has 0 amide bonds. The molecule has 1 rings (SSSR count). The van der Waals surface area contributed by atoms with Crippen LogP contribution in [0, 0.1) is 0 Å². The van der Waals surface area contributed by atoms with E-state index >= 15 is 0 Å². The van der Waals surface area contributed by atoms with Crippen LogP contribution in [0.5, 0.6) is 0 Å². The van der Waals surface area contributed by atoms with E-state index in [2.05, 4.69) is 0 Å². The predicted octanol–water partition coefficient (Wildman–Crippen LogP) is -2.57. The Kier molecular flexibility index (Phi) is 4.04. The maximum atomic E-state index is 9.45. The molecule has 1 fully saturated rings. The summed E-state index contributed by atoms with van der Waals surface area (Å²) in [4.78, 5) is 0. The Morgan fingerprint density at radius 1 is 1.31 bits per heavy atom. The SMILES string of the molecule is OC[C@@H](O)[C@@H]1OCO[C@H](CO)[C@H]1O. The van der Waals surface area contributed by atoms with E-state index in [0.29, 0.717) is 0 Å². The highest BCUT2D eigenvalue weighted by Crippen LogP contribution is 2.16. The van der Waals surface area contributed by atoms with Crippen LogP contribution in [0.4, 0.5) is 0 Å². The molecular formula is C7H14O6. The van der Waals surface area contributed by atoms with E-state index in [1.54, 1.807) is 0 Å². The number of rotatable bonds is 3. The molecule has 0 spiro atoms. The van der Waals surface area contributed by atoms with Crippen LogP contribution < -0.4 is 0 Å². The highest BCUT2D eigenvalue weighted by Gasteiger charge is 2.37. The molecule has 1 aliphatic heterocycles. The summed E-state index contributed by atoms with van der Waals surface area (Å²) in [6.07, 6.45) is -3.95. The van der Waals surface area contributed by atoms with Gasteiger partial charge in [0.2, 0.25) is 0 Å². The van der Waals surface area contributed by atoms with E-state index in [4.69, 9.17) is 19.7 Å². The maximum Gasteiger partial charge on any atom is 0.147 e. The third kappa shape index (κ3) is 2.37. The average molecular weight is 194 g/mol. The summed E-state index contributed by atoms with van der Waals surface area (Å²) in [6, 6.07) is 0. The van der Waals surface area contributed by atoms with Crippen molar-refractivity contribution in [1.82, 2.24) is 0 Å². The van der Waals surface area contributed by atoms with E-state index in [9.17, 15) is 10.2 Å². The standard InChI is InChI=1S/C7H14O6/c8-1-4(10)7-6(11)5(2-9)12-3-13-7/h4-11H,1-3H2/t4-,5-,6-,7+/m1/s1. The second-order valence-corrected chi connectivity index (χ2v) is 2.88. The lowest BCUT2D eigenvalue weighted by molar-refractivity contribution is -0.259. The van der Waals surface area contributed by atoms with Gasteiger partial charge in [-0.15, -0.1) is 0 Å². The van der Waals surface area contributed by atoms with Crippen LogP contribution in [0.15, 0.2) is 0 Å². The third-order valence-corrected chi connectivity index (χ3v) is 2.01. The van der Waals surface area contributed by atoms with E-state index in [-0.39, 0.29) is 13.4 Å². The van der Waals surface area contributed by atoms with Crippen LogP contribution in [-0.2, 0) is 9.47 Å². The monoisotopic (exact) mass is 194 g/mol. The molecule has 0 saturated carbocycles. The van der Waals surface area contributed by atoms with Crippen molar-refractivity contribution in [2.24, 2.45) is 0 Å². The molecule has 0 aromatic rings. The summed E-state index contributed by atoms with van der Waals surface area (Å²) in [6.45, 7) is -0.955. The molecule has 0 aromatic carbocycles. The lowest BCUT2D eigenvalue weighted by Gasteiger charge is -2.35. The number of aliphatic hydroxyl groups excluding tert-OH is 4. The molecular weight excluding hydrogens is 180 g/mol. The molecule has 0 radical (unpaired) electrons. The highest BCUT2D eigenvalue weighted by molar-refractivity contribution is 4.84. The van der Waals surface area contributed by atoms with Crippen LogP contribution in [0.1, 0.15) is 0 Å². The quantitative estimate of drug-likeness (QED) is 0.394. The fourth-order valence-electron chi connectivity index (χ4n) is 1.22. The molecule has 4 atom stereocenters. The molecule has 6 nitrogen and oxygen atoms in total. The Labute approximate surface area is 75.3 Å². The molecule has 1 saturated heterocycles. The minimum Gasteiger partial charge on any atom is -0.394 e. The lowest BCUT2D eigenvalue weighted by Crippen LogP contribution is -2.53. The molecule has 6 heteroatoms. The summed E-state index contributed by atoms with van der Waals surface area (Å²) in [7, 11) is 0. The number of ether oxygens (including phenoxy) is 2. The summed E-state index contributed by atoms with van der Waals surface area (Å²) in [5.74, 6) is 0. The molecule has 1 heterocycles. The van der Waals surface area contributed by atoms with Gasteiger partial charge in [-0.1, -0.05) is 0 Å². The molecule has 0 aliphatic carbocycles. The Balaban J connectivity index is 2.54. The van der Waals surface area contributed by atoms with E-state index in [0.717, 1.165) is 0 Å². The molecule has 4 N–H and O–H groups in total. The summed E-state index contributed by atoms with van der Waals surface area (Å²) in [5.41, 5.74) is 0. The van der Waals surface area contributed by atoms with Crippen LogP contribution in [0.3, 0.4) is 0 Å². The Hall–Kier alpha value is -0.240. The predicted molar refractivity (Wildman–Crippen MR) is 40.8 cm³/mol. The number of hydrogen-bond acceptors (Lipinski definition) is 6. The summed E-state index contributed by atoms with van der Waals surface area (Å²) < 4.78 is 9.73. The topological polar surface area (TPSA) is 99.4 Å². The largest absolute Gasteiger partial charge is 0.394 e. The van der Waals surface area contributed by atoms with Gasteiger partial charge < -0.3 is 29.9 Å². The van der Waals surface area contributed by atoms with Gasteiger partial charge in [-0.25, -0.2) is 0 Å². The van der Waals surface area contributed by atoms with E-state index < -0.39 is 31.0 Å². The molecule has 0 aromatic heterocycles. The summed E-state index contributed by atoms with van der Waals surface area (Å²) in [5, 5.41) is 36.0. The van der Waals surface area contributed by atoms with Gasteiger partial charge in [-0.3, -0.25) is 0 Å². The first kappa shape index (κ1) is 10.8. The first-order valence-electron chi connectivity index (χ1n) is 4.01. The third-order valence-electron chi connectivity index (χ3n) is 2.01. The molecule has 13 heavy (non-hydrogen) atoms. The number of aliphatic hydroxyl groups is 4. The fourth-order valence-corrected chi connectivity index (χ4v) is 1.22. The van der Waals surface area contributed by atoms with Gasteiger partial charge in [-0.2, -0.15) is 0 Å². The Morgan fingerprint density at radius 2 is 2.00 bits per heavy atom. The zero-order valence-corrected chi connectivity index (χ0v) is 7.04. The van der Waals surface area contributed by atoms with Crippen LogP contribution in [0.2, 0.25) is 0 Å². The zero-order valence-electron chi connectivity index (χ0n) is 7.04. The molecule has 78 valence electrons. The second kappa shape index (κ2) is 4.85. The van der Waals surface area contributed by atoms with Crippen molar-refractivity contribution in [2.75, 3.05) is 20.0 Å². The van der Waals surface area contributed by atoms with Crippen molar-refractivity contribution in [1.29, 1.82) is 0 Å². The van der Waals surface area contributed by atoms with Crippen LogP contribution in [-0.4, -0.2) is 64.8 Å². The van der Waals surface area contributed by atoms with Crippen molar-refractivity contribution in [3.05, 3.63) is 0 Å². The van der Waals surface area contributed by atoms with Gasteiger partial charge in [0, 0.05) is 0 Å². The first-order chi connectivity index (χ1) is 6.20. The minimum absolute atomic E-state index is 0.107. The Morgan fingerprint density at radius 3 is 2.54 bits per heavy atom. The smallest absolute Gasteiger partial charge is 0.147 e.